The number of hydrogen-bond acceptors (Lipinski definition) is 8. The largest absolute Gasteiger partial charge is 0.508 e. The van der Waals surface area contributed by atoms with Crippen LogP contribution in [0.1, 0.15) is 77.3 Å². The molecule has 60 heavy (non-hydrogen) atoms. The van der Waals surface area contributed by atoms with Crippen LogP contribution in [0.2, 0.25) is 0 Å². The second kappa shape index (κ2) is 14.7. The Morgan fingerprint density at radius 2 is 1.38 bits per heavy atom. The highest BCUT2D eigenvalue weighted by atomic mass is 16.3. The number of phenolic OH excluding ortho intramolecular Hbond substituents is 1. The second-order valence-corrected chi connectivity index (χ2v) is 17.4. The zero-order chi connectivity index (χ0) is 41.3. The van der Waals surface area contributed by atoms with Gasteiger partial charge in [-0.2, -0.15) is 0 Å². The summed E-state index contributed by atoms with van der Waals surface area (Å²) in [6, 6.07) is 31.9. The van der Waals surface area contributed by atoms with E-state index in [-0.39, 0.29) is 30.5 Å². The van der Waals surface area contributed by atoms with E-state index in [0.29, 0.717) is 37.3 Å². The molecule has 5 aliphatic heterocycles. The number of fused-ring (bicyclic) bond motifs is 3. The molecule has 2 N–H and O–H groups in total. The predicted molar refractivity (Wildman–Crippen MR) is 228 cm³/mol. The van der Waals surface area contributed by atoms with E-state index in [1.807, 2.05) is 30.3 Å². The van der Waals surface area contributed by atoms with Gasteiger partial charge in [0, 0.05) is 62.8 Å². The molecule has 1 unspecified atom stereocenters. The fourth-order valence-corrected chi connectivity index (χ4v) is 10.3. The number of carbonyl (C=O) groups is 5. The first kappa shape index (κ1) is 37.9. The van der Waals surface area contributed by atoms with Crippen LogP contribution in [0.25, 0.3) is 33.0 Å². The fraction of sp³-hybridized carbons (Fsp3) is 0.327. The Balaban J connectivity index is 0.757. The summed E-state index contributed by atoms with van der Waals surface area (Å²) in [4.78, 5) is 73.0. The Bertz CT molecular complexity index is 2550. The van der Waals surface area contributed by atoms with Gasteiger partial charge < -0.3 is 14.9 Å². The molecule has 10 rings (SSSR count). The summed E-state index contributed by atoms with van der Waals surface area (Å²) in [7, 11) is 0. The maximum Gasteiger partial charge on any atom is 0.262 e. The summed E-state index contributed by atoms with van der Waals surface area (Å²) in [6.07, 6.45) is 3.51. The summed E-state index contributed by atoms with van der Waals surface area (Å²) in [5.74, 6) is -1.47. The van der Waals surface area contributed by atoms with Crippen molar-refractivity contribution in [3.63, 3.8) is 0 Å². The quantitative estimate of drug-likeness (QED) is 0.178. The van der Waals surface area contributed by atoms with Crippen LogP contribution in [0.15, 0.2) is 97.1 Å². The molecule has 0 aromatic heterocycles. The Morgan fingerprint density at radius 1 is 0.717 bits per heavy atom. The maximum absolute atomic E-state index is 14.1. The van der Waals surface area contributed by atoms with Crippen LogP contribution in [-0.2, 0) is 27.5 Å². The van der Waals surface area contributed by atoms with Gasteiger partial charge in [0.15, 0.2) is 0 Å². The third-order valence-corrected chi connectivity index (χ3v) is 13.8. The summed E-state index contributed by atoms with van der Waals surface area (Å²) >= 11 is 0. The first-order valence-corrected chi connectivity index (χ1v) is 21.1. The second-order valence-electron chi connectivity index (χ2n) is 17.4. The van der Waals surface area contributed by atoms with Crippen molar-refractivity contribution >= 4 is 46.0 Å². The Kier molecular flexibility index (Phi) is 9.31. The van der Waals surface area contributed by atoms with Gasteiger partial charge in [-0.05, 0) is 113 Å². The van der Waals surface area contributed by atoms with Crippen molar-refractivity contribution in [1.29, 1.82) is 0 Å². The molecule has 11 heteroatoms. The van der Waals surface area contributed by atoms with Gasteiger partial charge in [-0.3, -0.25) is 39.1 Å². The van der Waals surface area contributed by atoms with E-state index < -0.39 is 35.1 Å². The molecule has 5 aromatic rings. The van der Waals surface area contributed by atoms with Crippen molar-refractivity contribution in [2.45, 2.75) is 70.6 Å². The minimum absolute atomic E-state index is 0.0899. The molecular formula is C49H47N5O6. The van der Waals surface area contributed by atoms with Gasteiger partial charge in [-0.1, -0.05) is 67.6 Å². The molecule has 1 atom stereocenters. The fourth-order valence-electron chi connectivity index (χ4n) is 10.3. The minimum atomic E-state index is -0.975. The van der Waals surface area contributed by atoms with Gasteiger partial charge in [0.05, 0.1) is 11.1 Å². The van der Waals surface area contributed by atoms with Crippen LogP contribution in [0, 0.1) is 5.41 Å². The number of anilines is 1. The molecule has 0 spiro atoms. The van der Waals surface area contributed by atoms with Crippen molar-refractivity contribution in [2.24, 2.45) is 5.41 Å². The van der Waals surface area contributed by atoms with E-state index in [1.54, 1.807) is 6.07 Å². The summed E-state index contributed by atoms with van der Waals surface area (Å²) < 4.78 is 0. The average Bonchev–Trinajstić information content (AvgIpc) is 3.79. The van der Waals surface area contributed by atoms with Crippen LogP contribution >= 0.6 is 0 Å². The molecule has 3 fully saturated rings. The highest BCUT2D eigenvalue weighted by molar-refractivity contribution is 6.23. The van der Waals surface area contributed by atoms with Crippen molar-refractivity contribution in [1.82, 2.24) is 20.0 Å². The highest BCUT2D eigenvalue weighted by Crippen LogP contribution is 2.42. The lowest BCUT2D eigenvalue weighted by atomic mass is 9.78. The van der Waals surface area contributed by atoms with E-state index in [9.17, 15) is 29.1 Å². The number of imide groups is 2. The van der Waals surface area contributed by atoms with E-state index in [0.717, 1.165) is 93.5 Å². The molecule has 11 nitrogen and oxygen atoms in total. The molecule has 3 saturated heterocycles. The minimum Gasteiger partial charge on any atom is -0.508 e. The third-order valence-electron chi connectivity index (χ3n) is 13.8. The summed E-state index contributed by atoms with van der Waals surface area (Å²) in [6.45, 7) is 6.45. The van der Waals surface area contributed by atoms with Crippen molar-refractivity contribution < 1.29 is 29.1 Å². The average molecular weight is 802 g/mol. The predicted octanol–water partition coefficient (Wildman–Crippen LogP) is 6.89. The number of rotatable bonds is 6. The number of likely N-dealkylation sites (tertiary alicyclic amines) is 1. The van der Waals surface area contributed by atoms with Gasteiger partial charge in [0.2, 0.25) is 17.7 Å². The van der Waals surface area contributed by atoms with Crippen LogP contribution < -0.4 is 10.2 Å². The standard InChI is InChI=1S/C49H47N5O6/c1-49(19-23-51(24-20-49)35-10-7-31(8-11-35)44-38(30-5-3-2-4-6-30)13-9-32-25-37(55)12-14-39(32)44)48(60)52-21-17-36(18-22-52)53-28-33-26-40-41(27-34(33)29-53)47(59)54(46(40)58)42-15-16-43(56)50-45(42)57/h2-14,25-27,36,42,55H,15-24,28-29H2,1H3,(H,50,56,57). The molecule has 5 amide bonds. The van der Waals surface area contributed by atoms with Gasteiger partial charge in [-0.25, -0.2) is 0 Å². The number of amides is 5. The zero-order valence-corrected chi connectivity index (χ0v) is 33.7. The molecule has 304 valence electrons. The Labute approximate surface area is 348 Å². The number of phenols is 1. The molecule has 5 heterocycles. The van der Waals surface area contributed by atoms with Gasteiger partial charge in [0.25, 0.3) is 11.8 Å². The molecule has 0 saturated carbocycles. The summed E-state index contributed by atoms with van der Waals surface area (Å²) in [5, 5.41) is 14.5. The van der Waals surface area contributed by atoms with Gasteiger partial charge in [0.1, 0.15) is 11.8 Å². The summed E-state index contributed by atoms with van der Waals surface area (Å²) in [5.41, 5.74) is 7.92. The Morgan fingerprint density at radius 3 is 2.03 bits per heavy atom. The van der Waals surface area contributed by atoms with Crippen LogP contribution in [-0.4, -0.2) is 87.6 Å². The van der Waals surface area contributed by atoms with Crippen molar-refractivity contribution in [3.05, 3.63) is 119 Å². The number of hydrogen-bond donors (Lipinski definition) is 2. The number of nitrogens with zero attached hydrogens (tertiary/aromatic N) is 4. The van der Waals surface area contributed by atoms with Crippen LogP contribution in [0.3, 0.4) is 0 Å². The highest BCUT2D eigenvalue weighted by Gasteiger charge is 2.46. The topological polar surface area (TPSA) is 131 Å². The van der Waals surface area contributed by atoms with Crippen molar-refractivity contribution in [2.75, 3.05) is 31.1 Å². The molecule has 0 radical (unpaired) electrons. The van der Waals surface area contributed by atoms with E-state index in [2.05, 4.69) is 87.6 Å². The van der Waals surface area contributed by atoms with E-state index in [1.165, 1.54) is 0 Å². The molecule has 5 aliphatic rings. The lowest BCUT2D eigenvalue weighted by Crippen LogP contribution is -2.54. The zero-order valence-electron chi connectivity index (χ0n) is 33.7. The van der Waals surface area contributed by atoms with Crippen molar-refractivity contribution in [3.8, 4) is 28.0 Å². The van der Waals surface area contributed by atoms with Crippen LogP contribution in [0.5, 0.6) is 5.75 Å². The Hall–Kier alpha value is -6.33. The molecular weight excluding hydrogens is 755 g/mol. The third kappa shape index (κ3) is 6.52. The van der Waals surface area contributed by atoms with Gasteiger partial charge >= 0.3 is 0 Å². The van der Waals surface area contributed by atoms with E-state index >= 15 is 0 Å². The number of piperidine rings is 3. The number of aromatic hydroxyl groups is 1. The first-order valence-electron chi connectivity index (χ1n) is 21.1. The molecule has 0 aliphatic carbocycles. The lowest BCUT2D eigenvalue weighted by molar-refractivity contribution is -0.144. The number of carbonyl (C=O) groups excluding carboxylic acids is 5. The molecule has 0 bridgehead atoms. The molecule has 5 aromatic carbocycles. The lowest BCUT2D eigenvalue weighted by Gasteiger charge is -2.44. The van der Waals surface area contributed by atoms with E-state index in [4.69, 9.17) is 0 Å². The smallest absolute Gasteiger partial charge is 0.262 e. The normalized spacial score (nSPS) is 20.8. The maximum atomic E-state index is 14.1. The SMILES string of the molecule is CC1(C(=O)N2CCC(N3Cc4cc5c(cc4C3)C(=O)N(C3CCC(=O)NC3=O)C5=O)CC2)CCN(c2ccc(-c3c(-c4ccccc4)ccc4cc(O)ccc34)cc2)CC1. The van der Waals surface area contributed by atoms with Crippen LogP contribution in [0.4, 0.5) is 5.69 Å². The number of nitrogens with one attached hydrogen (secondary N) is 1. The monoisotopic (exact) mass is 801 g/mol. The van der Waals surface area contributed by atoms with Gasteiger partial charge in [-0.15, -0.1) is 0 Å². The number of benzene rings is 5. The first-order chi connectivity index (χ1) is 29.0.